The van der Waals surface area contributed by atoms with E-state index in [1.807, 2.05) is 9.80 Å². The first-order valence-electron chi connectivity index (χ1n) is 11.4. The quantitative estimate of drug-likeness (QED) is 0.763. The van der Waals surface area contributed by atoms with Crippen molar-refractivity contribution in [3.05, 3.63) is 23.8 Å². The van der Waals surface area contributed by atoms with Crippen molar-refractivity contribution < 1.29 is 19.4 Å². The summed E-state index contributed by atoms with van der Waals surface area (Å²) >= 11 is 0. The zero-order valence-electron chi connectivity index (χ0n) is 19.3. The number of carbonyl (C=O) groups excluding carboxylic acids is 2. The van der Waals surface area contributed by atoms with Crippen LogP contribution in [-0.2, 0) is 11.3 Å². The van der Waals surface area contributed by atoms with E-state index in [1.54, 1.807) is 18.2 Å². The van der Waals surface area contributed by atoms with Gasteiger partial charge in [-0.25, -0.2) is 4.79 Å². The van der Waals surface area contributed by atoms with Gasteiger partial charge in [-0.1, -0.05) is 26.8 Å². The number of piperidine rings is 2. The Balaban J connectivity index is 1.43. The predicted octanol–water partition coefficient (Wildman–Crippen LogP) is 3.61. The first kappa shape index (κ1) is 23.2. The fourth-order valence-electron chi connectivity index (χ4n) is 4.64. The second-order valence-corrected chi connectivity index (χ2v) is 9.90. The summed E-state index contributed by atoms with van der Waals surface area (Å²) in [6.45, 7) is 10.1. The molecule has 0 radical (unpaired) electrons. The molecule has 2 aliphatic heterocycles. The minimum absolute atomic E-state index is 0.0186. The highest BCUT2D eigenvalue weighted by molar-refractivity contribution is 5.79. The van der Waals surface area contributed by atoms with E-state index >= 15 is 0 Å². The van der Waals surface area contributed by atoms with Crippen LogP contribution >= 0.6 is 0 Å². The van der Waals surface area contributed by atoms with E-state index in [2.05, 4.69) is 26.1 Å². The van der Waals surface area contributed by atoms with Gasteiger partial charge in [-0.3, -0.25) is 4.79 Å². The van der Waals surface area contributed by atoms with Crippen molar-refractivity contribution >= 4 is 11.9 Å². The highest BCUT2D eigenvalue weighted by Gasteiger charge is 2.34. The molecule has 7 nitrogen and oxygen atoms in total. The van der Waals surface area contributed by atoms with Gasteiger partial charge in [0.2, 0.25) is 5.91 Å². The molecule has 0 spiro atoms. The summed E-state index contributed by atoms with van der Waals surface area (Å²) in [5.41, 5.74) is 1.17. The lowest BCUT2D eigenvalue weighted by Gasteiger charge is -2.41. The third-order valence-electron chi connectivity index (χ3n) is 6.84. The number of hydrogen-bond donors (Lipinski definition) is 2. The Hall–Kier alpha value is -2.44. The molecule has 0 aromatic heterocycles. The zero-order valence-corrected chi connectivity index (χ0v) is 19.3. The van der Waals surface area contributed by atoms with E-state index in [9.17, 15) is 14.7 Å². The Morgan fingerprint density at radius 1 is 1.06 bits per heavy atom. The molecule has 1 aromatic carbocycles. The Morgan fingerprint density at radius 2 is 1.65 bits per heavy atom. The minimum atomic E-state index is -0.0744. The number of benzene rings is 1. The van der Waals surface area contributed by atoms with E-state index in [0.29, 0.717) is 49.6 Å². The van der Waals surface area contributed by atoms with Gasteiger partial charge >= 0.3 is 6.03 Å². The van der Waals surface area contributed by atoms with Gasteiger partial charge in [0, 0.05) is 38.6 Å². The van der Waals surface area contributed by atoms with E-state index in [0.717, 1.165) is 31.5 Å². The highest BCUT2D eigenvalue weighted by atomic mass is 16.5. The lowest BCUT2D eigenvalue weighted by atomic mass is 9.75. The number of carbonyl (C=O) groups is 2. The molecular weight excluding hydrogens is 394 g/mol. The molecule has 3 amide bonds. The van der Waals surface area contributed by atoms with Crippen molar-refractivity contribution in [3.63, 3.8) is 0 Å². The van der Waals surface area contributed by atoms with Crippen LogP contribution in [0.2, 0.25) is 0 Å². The number of rotatable bonds is 4. The van der Waals surface area contributed by atoms with Crippen LogP contribution in [0.5, 0.6) is 11.5 Å². The van der Waals surface area contributed by atoms with Crippen molar-refractivity contribution in [1.82, 2.24) is 15.1 Å². The van der Waals surface area contributed by atoms with Crippen molar-refractivity contribution in [3.8, 4) is 11.5 Å². The summed E-state index contributed by atoms with van der Waals surface area (Å²) < 4.78 is 5.11. The molecule has 0 atom stereocenters. The topological polar surface area (TPSA) is 82.1 Å². The number of phenolic OH excluding ortho intramolecular Hbond substituents is 1. The molecule has 1 aromatic rings. The van der Waals surface area contributed by atoms with Gasteiger partial charge in [0.1, 0.15) is 0 Å². The smallest absolute Gasteiger partial charge is 0.319 e. The molecular formula is C24H37N3O4. The van der Waals surface area contributed by atoms with Crippen molar-refractivity contribution in [2.24, 2.45) is 17.3 Å². The van der Waals surface area contributed by atoms with Gasteiger partial charge in [0.05, 0.1) is 7.11 Å². The van der Waals surface area contributed by atoms with Crippen LogP contribution in [0.3, 0.4) is 0 Å². The van der Waals surface area contributed by atoms with Gasteiger partial charge < -0.3 is 25.0 Å². The average molecular weight is 432 g/mol. The Bertz CT molecular complexity index is 774. The molecule has 3 rings (SSSR count). The maximum absolute atomic E-state index is 12.9. The van der Waals surface area contributed by atoms with Crippen molar-refractivity contribution in [2.75, 3.05) is 33.3 Å². The van der Waals surface area contributed by atoms with Gasteiger partial charge in [0.15, 0.2) is 11.5 Å². The molecule has 0 bridgehead atoms. The molecule has 0 aliphatic carbocycles. The summed E-state index contributed by atoms with van der Waals surface area (Å²) in [6, 6.07) is 5.18. The normalized spacial score (nSPS) is 18.7. The number of aromatic hydroxyl groups is 1. The summed E-state index contributed by atoms with van der Waals surface area (Å²) in [5, 5.41) is 12.7. The second-order valence-electron chi connectivity index (χ2n) is 9.90. The fourth-order valence-corrected chi connectivity index (χ4v) is 4.64. The standard InChI is InChI=1S/C24H37N3O4/c1-24(2,3)19-9-13-27(14-10-19)23(30)26-11-7-18(8-12-26)22(29)25-16-17-5-6-20(28)21(15-17)31-4/h5-6,15,18-19,28H,7-14,16H2,1-4H3,(H,25,29). The van der Waals surface area contributed by atoms with Crippen LogP contribution in [0.1, 0.15) is 52.0 Å². The van der Waals surface area contributed by atoms with Crippen molar-refractivity contribution in [1.29, 1.82) is 0 Å². The lowest BCUT2D eigenvalue weighted by Crippen LogP contribution is -2.51. The van der Waals surface area contributed by atoms with E-state index in [-0.39, 0.29) is 23.6 Å². The average Bonchev–Trinajstić information content (AvgIpc) is 2.77. The Morgan fingerprint density at radius 3 is 2.19 bits per heavy atom. The largest absolute Gasteiger partial charge is 0.504 e. The first-order chi connectivity index (χ1) is 14.7. The number of nitrogens with zero attached hydrogens (tertiary/aromatic N) is 2. The number of amides is 3. The molecule has 2 heterocycles. The summed E-state index contributed by atoms with van der Waals surface area (Å²) in [7, 11) is 1.50. The Kier molecular flexibility index (Phi) is 7.34. The second kappa shape index (κ2) is 9.79. The minimum Gasteiger partial charge on any atom is -0.504 e. The van der Waals surface area contributed by atoms with Crippen LogP contribution in [0, 0.1) is 17.3 Å². The highest BCUT2D eigenvalue weighted by Crippen LogP contribution is 2.34. The Labute approximate surface area is 185 Å². The summed E-state index contributed by atoms with van der Waals surface area (Å²) in [4.78, 5) is 29.4. The third kappa shape index (κ3) is 5.83. The SMILES string of the molecule is COc1cc(CNC(=O)C2CCN(C(=O)N3CCC(C(C)(C)C)CC3)CC2)ccc1O. The van der Waals surface area contributed by atoms with Crippen LogP contribution in [0.25, 0.3) is 0 Å². The summed E-state index contributed by atoms with van der Waals surface area (Å²) in [5.74, 6) is 1.08. The molecule has 2 aliphatic rings. The molecule has 7 heteroatoms. The summed E-state index contributed by atoms with van der Waals surface area (Å²) in [6.07, 6.45) is 3.51. The van der Waals surface area contributed by atoms with Gasteiger partial charge in [-0.15, -0.1) is 0 Å². The number of methoxy groups -OCH3 is 1. The maximum Gasteiger partial charge on any atom is 0.319 e. The van der Waals surface area contributed by atoms with E-state index in [4.69, 9.17) is 4.74 Å². The molecule has 2 saturated heterocycles. The van der Waals surface area contributed by atoms with E-state index < -0.39 is 0 Å². The number of nitrogens with one attached hydrogen (secondary N) is 1. The lowest BCUT2D eigenvalue weighted by molar-refractivity contribution is -0.126. The maximum atomic E-state index is 12.9. The van der Waals surface area contributed by atoms with Crippen LogP contribution < -0.4 is 10.1 Å². The molecule has 31 heavy (non-hydrogen) atoms. The molecule has 0 saturated carbocycles. The number of hydrogen-bond acceptors (Lipinski definition) is 4. The first-order valence-corrected chi connectivity index (χ1v) is 11.4. The molecule has 172 valence electrons. The van der Waals surface area contributed by atoms with Crippen molar-refractivity contribution in [2.45, 2.75) is 53.0 Å². The molecule has 0 unspecified atom stereocenters. The van der Waals surface area contributed by atoms with Crippen LogP contribution in [0.15, 0.2) is 18.2 Å². The monoisotopic (exact) mass is 431 g/mol. The molecule has 2 fully saturated rings. The van der Waals surface area contributed by atoms with Gasteiger partial charge in [-0.2, -0.15) is 0 Å². The zero-order chi connectivity index (χ0) is 22.6. The molecule has 2 N–H and O–H groups in total. The predicted molar refractivity (Wildman–Crippen MR) is 120 cm³/mol. The number of phenols is 1. The van der Waals surface area contributed by atoms with Gasteiger partial charge in [-0.05, 0) is 54.7 Å². The number of urea groups is 1. The van der Waals surface area contributed by atoms with Crippen LogP contribution in [-0.4, -0.2) is 60.1 Å². The number of ether oxygens (including phenoxy) is 1. The van der Waals surface area contributed by atoms with Crippen LogP contribution in [0.4, 0.5) is 4.79 Å². The number of likely N-dealkylation sites (tertiary alicyclic amines) is 2. The third-order valence-corrected chi connectivity index (χ3v) is 6.84. The van der Waals surface area contributed by atoms with E-state index in [1.165, 1.54) is 7.11 Å². The fraction of sp³-hybridized carbons (Fsp3) is 0.667. The van der Waals surface area contributed by atoms with Gasteiger partial charge in [0.25, 0.3) is 0 Å².